The fourth-order valence-corrected chi connectivity index (χ4v) is 10.8. The highest BCUT2D eigenvalue weighted by Gasteiger charge is 2.60. The van der Waals surface area contributed by atoms with Crippen LogP contribution in [-0.2, 0) is 14.3 Å². The SMILES string of the molecule is CC12CC(C3CCC(NC4CCCCC4)CC3)C3=C4CCC5(C[C@]4(O)CCCC3C1CCC2=O)OCCO5. The first-order valence-corrected chi connectivity index (χ1v) is 16.4. The van der Waals surface area contributed by atoms with Crippen LogP contribution < -0.4 is 5.32 Å². The van der Waals surface area contributed by atoms with Gasteiger partial charge < -0.3 is 19.9 Å². The summed E-state index contributed by atoms with van der Waals surface area (Å²) in [4.78, 5) is 13.4. The van der Waals surface area contributed by atoms with Crippen LogP contribution in [0.5, 0.6) is 0 Å². The maximum absolute atomic E-state index is 13.4. The summed E-state index contributed by atoms with van der Waals surface area (Å²) in [5.41, 5.74) is 2.02. The molecule has 4 unspecified atom stereocenters. The third-order valence-electron chi connectivity index (χ3n) is 12.6. The highest BCUT2D eigenvalue weighted by Crippen LogP contribution is 2.63. The van der Waals surface area contributed by atoms with Crippen LogP contribution in [0.1, 0.15) is 122 Å². The Labute approximate surface area is 229 Å². The zero-order valence-corrected chi connectivity index (χ0v) is 23.8. The summed E-state index contributed by atoms with van der Waals surface area (Å²) in [5, 5.41) is 16.4. The van der Waals surface area contributed by atoms with Gasteiger partial charge in [-0.2, -0.15) is 0 Å². The van der Waals surface area contributed by atoms with Gasteiger partial charge in [0.05, 0.1) is 18.8 Å². The average Bonchev–Trinajstić information content (AvgIpc) is 3.44. The second-order valence-electron chi connectivity index (χ2n) is 14.7. The molecule has 0 amide bonds. The van der Waals surface area contributed by atoms with Crippen molar-refractivity contribution in [1.82, 2.24) is 5.32 Å². The molecule has 6 fully saturated rings. The van der Waals surface area contributed by atoms with E-state index >= 15 is 0 Å². The molecule has 212 valence electrons. The standard InChI is InChI=1S/C33H51NO4/c1-31-20-26(22-9-11-24(12-10-22)34-23-6-3-2-4-7-23)30-25(27(31)13-14-29(31)35)8-5-16-32(36)21-33(17-15-28(30)32)37-18-19-38-33/h22-27,34,36H,2-21H2,1H3/t22?,24?,25?,26?,27?,31?,32-/m1/s1. The molecular formula is C33H51NO4. The van der Waals surface area contributed by atoms with Crippen molar-refractivity contribution in [2.75, 3.05) is 13.2 Å². The summed E-state index contributed by atoms with van der Waals surface area (Å²) >= 11 is 0. The normalized spacial score (nSPS) is 45.5. The number of Topliss-reactive ketones (excluding diaryl/α,β-unsaturated/α-hetero) is 1. The molecule has 1 heterocycles. The number of aliphatic hydroxyl groups is 1. The Balaban J connectivity index is 1.18. The Morgan fingerprint density at radius 1 is 0.816 bits per heavy atom. The fourth-order valence-electron chi connectivity index (χ4n) is 10.8. The molecule has 1 aliphatic heterocycles. The lowest BCUT2D eigenvalue weighted by molar-refractivity contribution is -0.205. The largest absolute Gasteiger partial charge is 0.385 e. The predicted molar refractivity (Wildman–Crippen MR) is 148 cm³/mol. The highest BCUT2D eigenvalue weighted by molar-refractivity contribution is 5.87. The van der Waals surface area contributed by atoms with Crippen LogP contribution >= 0.6 is 0 Å². The number of ketones is 1. The van der Waals surface area contributed by atoms with E-state index in [0.717, 1.165) is 57.4 Å². The molecule has 5 atom stereocenters. The number of nitrogens with one attached hydrogen (secondary N) is 1. The third kappa shape index (κ3) is 4.37. The predicted octanol–water partition coefficient (Wildman–Crippen LogP) is 6.23. The molecule has 0 bridgehead atoms. The summed E-state index contributed by atoms with van der Waals surface area (Å²) in [5.74, 6) is 2.00. The van der Waals surface area contributed by atoms with E-state index in [0.29, 0.717) is 55.1 Å². The third-order valence-corrected chi connectivity index (χ3v) is 12.6. The van der Waals surface area contributed by atoms with Crippen LogP contribution in [0.15, 0.2) is 11.1 Å². The van der Waals surface area contributed by atoms with Crippen LogP contribution in [0, 0.1) is 29.1 Å². The van der Waals surface area contributed by atoms with E-state index in [9.17, 15) is 9.90 Å². The lowest BCUT2D eigenvalue weighted by Gasteiger charge is -2.52. The van der Waals surface area contributed by atoms with E-state index < -0.39 is 11.4 Å². The average molecular weight is 526 g/mol. The molecule has 5 heteroatoms. The number of carbonyl (C=O) groups is 1. The number of fused-ring (bicyclic) bond motifs is 4. The first-order valence-electron chi connectivity index (χ1n) is 16.4. The number of hydrogen-bond donors (Lipinski definition) is 2. The molecule has 2 N–H and O–H groups in total. The van der Waals surface area contributed by atoms with E-state index in [1.54, 1.807) is 5.57 Å². The van der Waals surface area contributed by atoms with Gasteiger partial charge in [0.15, 0.2) is 5.79 Å². The Kier molecular flexibility index (Phi) is 6.86. The molecule has 1 spiro atoms. The quantitative estimate of drug-likeness (QED) is 0.428. The molecule has 5 nitrogen and oxygen atoms in total. The van der Waals surface area contributed by atoms with E-state index in [4.69, 9.17) is 9.47 Å². The van der Waals surface area contributed by atoms with E-state index in [2.05, 4.69) is 12.2 Å². The van der Waals surface area contributed by atoms with Gasteiger partial charge >= 0.3 is 0 Å². The number of carbonyl (C=O) groups excluding carboxylic acids is 1. The number of hydrogen-bond acceptors (Lipinski definition) is 5. The molecule has 1 saturated heterocycles. The number of allylic oxidation sites excluding steroid dienone is 1. The smallest absolute Gasteiger partial charge is 0.171 e. The van der Waals surface area contributed by atoms with Crippen molar-refractivity contribution in [2.24, 2.45) is 29.1 Å². The summed E-state index contributed by atoms with van der Waals surface area (Å²) in [6.45, 7) is 3.62. The first kappa shape index (κ1) is 26.2. The molecule has 0 aromatic heterocycles. The van der Waals surface area contributed by atoms with Crippen LogP contribution in [0.4, 0.5) is 0 Å². The number of rotatable bonds is 3. The van der Waals surface area contributed by atoms with Gasteiger partial charge in [-0.05, 0) is 106 Å². The monoisotopic (exact) mass is 525 g/mol. The minimum Gasteiger partial charge on any atom is -0.385 e. The van der Waals surface area contributed by atoms with Crippen LogP contribution in [-0.4, -0.2) is 47.6 Å². The van der Waals surface area contributed by atoms with Gasteiger partial charge in [0.1, 0.15) is 5.78 Å². The van der Waals surface area contributed by atoms with Gasteiger partial charge in [-0.1, -0.05) is 31.8 Å². The van der Waals surface area contributed by atoms with Crippen molar-refractivity contribution >= 4 is 5.78 Å². The molecule has 0 radical (unpaired) electrons. The minimum absolute atomic E-state index is 0.160. The zero-order valence-electron chi connectivity index (χ0n) is 23.8. The molecule has 5 saturated carbocycles. The Morgan fingerprint density at radius 3 is 2.32 bits per heavy atom. The first-order chi connectivity index (χ1) is 18.4. The Hall–Kier alpha value is -0.750. The second-order valence-corrected chi connectivity index (χ2v) is 14.7. The van der Waals surface area contributed by atoms with Gasteiger partial charge in [-0.3, -0.25) is 4.79 Å². The van der Waals surface area contributed by atoms with Crippen molar-refractivity contribution in [3.05, 3.63) is 11.1 Å². The van der Waals surface area contributed by atoms with Crippen LogP contribution in [0.3, 0.4) is 0 Å². The van der Waals surface area contributed by atoms with Crippen molar-refractivity contribution in [2.45, 2.75) is 146 Å². The summed E-state index contributed by atoms with van der Waals surface area (Å²) in [6, 6.07) is 1.40. The minimum atomic E-state index is -0.805. The van der Waals surface area contributed by atoms with Crippen LogP contribution in [0.2, 0.25) is 0 Å². The van der Waals surface area contributed by atoms with Crippen molar-refractivity contribution < 1.29 is 19.4 Å². The summed E-state index contributed by atoms with van der Waals surface area (Å²) in [7, 11) is 0. The fraction of sp³-hybridized carbons (Fsp3) is 0.909. The van der Waals surface area contributed by atoms with Crippen molar-refractivity contribution in [3.63, 3.8) is 0 Å². The molecular weight excluding hydrogens is 474 g/mol. The molecule has 0 aromatic rings. The Morgan fingerprint density at radius 2 is 1.55 bits per heavy atom. The van der Waals surface area contributed by atoms with E-state index in [1.807, 2.05) is 0 Å². The van der Waals surface area contributed by atoms with Crippen molar-refractivity contribution in [3.8, 4) is 0 Å². The molecule has 0 aromatic carbocycles. The van der Waals surface area contributed by atoms with E-state index in [1.165, 1.54) is 63.4 Å². The van der Waals surface area contributed by atoms with E-state index in [-0.39, 0.29) is 5.41 Å². The second kappa shape index (κ2) is 9.96. The lowest BCUT2D eigenvalue weighted by atomic mass is 9.53. The number of ether oxygens (including phenoxy) is 2. The maximum atomic E-state index is 13.4. The van der Waals surface area contributed by atoms with Crippen LogP contribution in [0.25, 0.3) is 0 Å². The highest BCUT2D eigenvalue weighted by atomic mass is 16.7. The van der Waals surface area contributed by atoms with Gasteiger partial charge in [-0.15, -0.1) is 0 Å². The van der Waals surface area contributed by atoms with Gasteiger partial charge in [0, 0.05) is 36.8 Å². The molecule has 7 rings (SSSR count). The summed E-state index contributed by atoms with van der Waals surface area (Å²) < 4.78 is 12.3. The summed E-state index contributed by atoms with van der Waals surface area (Å²) in [6.07, 6.45) is 20.2. The van der Waals surface area contributed by atoms with Gasteiger partial charge in [0.25, 0.3) is 0 Å². The maximum Gasteiger partial charge on any atom is 0.171 e. The lowest BCUT2D eigenvalue weighted by Crippen LogP contribution is -2.50. The Bertz CT molecular complexity index is 941. The molecule has 7 aliphatic rings. The molecule has 38 heavy (non-hydrogen) atoms. The van der Waals surface area contributed by atoms with Gasteiger partial charge in [0.2, 0.25) is 0 Å². The van der Waals surface area contributed by atoms with Crippen molar-refractivity contribution in [1.29, 1.82) is 0 Å². The zero-order chi connectivity index (χ0) is 26.0. The topological polar surface area (TPSA) is 67.8 Å². The molecule has 6 aliphatic carbocycles. The van der Waals surface area contributed by atoms with Gasteiger partial charge in [-0.25, -0.2) is 0 Å².